The Morgan fingerprint density at radius 3 is 2.43 bits per heavy atom. The van der Waals surface area contributed by atoms with E-state index in [1.165, 1.54) is 18.2 Å². The molecule has 166 valence electrons. The Morgan fingerprint density at radius 2 is 1.87 bits per heavy atom. The molecule has 0 radical (unpaired) electrons. The number of rotatable bonds is 6. The van der Waals surface area contributed by atoms with Gasteiger partial charge in [0, 0.05) is 32.2 Å². The first-order chi connectivity index (χ1) is 14.1. The maximum atomic E-state index is 13.3. The van der Waals surface area contributed by atoms with Crippen molar-refractivity contribution in [1.29, 1.82) is 0 Å². The van der Waals surface area contributed by atoms with Gasteiger partial charge in [0.1, 0.15) is 11.8 Å². The van der Waals surface area contributed by atoms with Crippen molar-refractivity contribution in [2.24, 2.45) is 4.99 Å². The van der Waals surface area contributed by atoms with E-state index in [-0.39, 0.29) is 24.2 Å². The Hall–Kier alpha value is -2.29. The maximum absolute atomic E-state index is 13.3. The highest BCUT2D eigenvalue weighted by Crippen LogP contribution is 2.29. The number of carbonyl (C=O) groups is 1. The van der Waals surface area contributed by atoms with Crippen LogP contribution in [0.4, 0.5) is 13.2 Å². The molecule has 1 aromatic rings. The summed E-state index contributed by atoms with van der Waals surface area (Å²) in [7, 11) is 5.98. The van der Waals surface area contributed by atoms with Crippen molar-refractivity contribution in [2.45, 2.75) is 56.7 Å². The minimum atomic E-state index is -4.75. The smallest absolute Gasteiger partial charge is 0.406 e. The summed E-state index contributed by atoms with van der Waals surface area (Å²) >= 11 is 0. The molecule has 1 fully saturated rings. The van der Waals surface area contributed by atoms with Crippen LogP contribution in [0.1, 0.15) is 31.2 Å². The largest absolute Gasteiger partial charge is 0.573 e. The van der Waals surface area contributed by atoms with Crippen molar-refractivity contribution in [3.05, 3.63) is 29.8 Å². The Balaban J connectivity index is 1.77. The van der Waals surface area contributed by atoms with E-state index in [0.29, 0.717) is 18.2 Å². The normalized spacial score (nSPS) is 24.4. The van der Waals surface area contributed by atoms with Gasteiger partial charge in [0.15, 0.2) is 0 Å². The average Bonchev–Trinajstić information content (AvgIpc) is 3.11. The molecule has 0 bridgehead atoms. The molecule has 0 spiro atoms. The maximum Gasteiger partial charge on any atom is 0.573 e. The number of amides is 1. The number of ether oxygens (including phenoxy) is 1. The first kappa shape index (κ1) is 22.4. The van der Waals surface area contributed by atoms with Gasteiger partial charge in [0.05, 0.1) is 6.34 Å². The summed E-state index contributed by atoms with van der Waals surface area (Å²) < 4.78 is 41.8. The first-order valence-corrected chi connectivity index (χ1v) is 10.2. The summed E-state index contributed by atoms with van der Waals surface area (Å²) in [6.07, 6.45) is 0.585. The van der Waals surface area contributed by atoms with Gasteiger partial charge >= 0.3 is 6.36 Å². The summed E-state index contributed by atoms with van der Waals surface area (Å²) in [5.74, 6) is -0.353. The van der Waals surface area contributed by atoms with Crippen molar-refractivity contribution >= 4 is 12.2 Å². The van der Waals surface area contributed by atoms with Gasteiger partial charge in [-0.15, -0.1) is 13.2 Å². The van der Waals surface area contributed by atoms with E-state index < -0.39 is 12.4 Å². The summed E-state index contributed by atoms with van der Waals surface area (Å²) in [6.45, 7) is 0.751. The van der Waals surface area contributed by atoms with E-state index in [1.54, 1.807) is 17.3 Å². The molecule has 1 unspecified atom stereocenters. The van der Waals surface area contributed by atoms with Gasteiger partial charge in [-0.05, 0) is 57.5 Å². The Kier molecular flexibility index (Phi) is 6.90. The number of likely N-dealkylation sites (N-methyl/N-ethyl adjacent to an activating group) is 1. The third-order valence-corrected chi connectivity index (χ3v) is 5.80. The molecule has 0 aromatic heterocycles. The summed E-state index contributed by atoms with van der Waals surface area (Å²) in [5, 5.41) is 0. The predicted octanol–water partition coefficient (Wildman–Crippen LogP) is 3.13. The number of nitrogens with zero attached hydrogens (tertiary/aromatic N) is 4. The monoisotopic (exact) mass is 426 g/mol. The molecule has 0 N–H and O–H groups in total. The molecule has 3 rings (SSSR count). The van der Waals surface area contributed by atoms with Crippen LogP contribution in [0.3, 0.4) is 0 Å². The van der Waals surface area contributed by atoms with Crippen LogP contribution in [0.25, 0.3) is 0 Å². The van der Waals surface area contributed by atoms with Gasteiger partial charge in [-0.3, -0.25) is 9.79 Å². The van der Waals surface area contributed by atoms with Crippen LogP contribution >= 0.6 is 0 Å². The lowest BCUT2D eigenvalue weighted by molar-refractivity contribution is -0.274. The molecule has 9 heteroatoms. The van der Waals surface area contributed by atoms with Crippen LogP contribution < -0.4 is 4.74 Å². The van der Waals surface area contributed by atoms with E-state index in [9.17, 15) is 18.0 Å². The van der Waals surface area contributed by atoms with E-state index >= 15 is 0 Å². The summed E-state index contributed by atoms with van der Waals surface area (Å²) in [5.41, 5.74) is 0.607. The van der Waals surface area contributed by atoms with Crippen LogP contribution in [-0.2, 0) is 11.3 Å². The molecule has 1 atom stereocenters. The number of hydrogen-bond donors (Lipinski definition) is 0. The van der Waals surface area contributed by atoms with Crippen molar-refractivity contribution < 1.29 is 22.7 Å². The number of benzene rings is 1. The standard InChI is InChI=1S/C21H29F3N4O2/c1-26(2)16-7-9-17(10-8-16)28(20(29)19-13-27(3)14-25-19)12-15-5-4-6-18(11-15)30-21(22,23)24/h4-6,11,14,16-17,19H,7-10,12-13H2,1-3H3. The average molecular weight is 426 g/mol. The molecule has 1 amide bonds. The third-order valence-electron chi connectivity index (χ3n) is 5.80. The van der Waals surface area contributed by atoms with Gasteiger partial charge in [-0.25, -0.2) is 0 Å². The SMILES string of the molecule is CN1C=NC(C(=O)N(Cc2cccc(OC(F)(F)F)c2)C2CCC(N(C)C)CC2)C1. The number of alkyl halides is 3. The zero-order valence-corrected chi connectivity index (χ0v) is 17.6. The van der Waals surface area contributed by atoms with Gasteiger partial charge in [-0.2, -0.15) is 0 Å². The Morgan fingerprint density at radius 1 is 1.20 bits per heavy atom. The fourth-order valence-electron chi connectivity index (χ4n) is 4.21. The number of aliphatic imine (C=N–C) groups is 1. The lowest BCUT2D eigenvalue weighted by Gasteiger charge is -2.39. The van der Waals surface area contributed by atoms with E-state index in [0.717, 1.165) is 25.7 Å². The van der Waals surface area contributed by atoms with Gasteiger partial charge in [0.2, 0.25) is 5.91 Å². The summed E-state index contributed by atoms with van der Waals surface area (Å²) in [6, 6.07) is 5.91. The third kappa shape index (κ3) is 5.87. The van der Waals surface area contributed by atoms with Crippen LogP contribution in [0.2, 0.25) is 0 Å². The highest BCUT2D eigenvalue weighted by Gasteiger charge is 2.35. The van der Waals surface area contributed by atoms with Crippen LogP contribution in [-0.4, -0.2) is 79.1 Å². The van der Waals surface area contributed by atoms with Crippen LogP contribution in [0.5, 0.6) is 5.75 Å². The lowest BCUT2D eigenvalue weighted by atomic mass is 9.89. The van der Waals surface area contributed by atoms with Gasteiger partial charge in [0.25, 0.3) is 0 Å². The van der Waals surface area contributed by atoms with E-state index in [4.69, 9.17) is 0 Å². The zero-order chi connectivity index (χ0) is 21.9. The highest BCUT2D eigenvalue weighted by atomic mass is 19.4. The molecule has 0 saturated heterocycles. The molecule has 2 aliphatic rings. The second-order valence-corrected chi connectivity index (χ2v) is 8.31. The first-order valence-electron chi connectivity index (χ1n) is 10.2. The topological polar surface area (TPSA) is 48.4 Å². The van der Waals surface area contributed by atoms with E-state index in [1.807, 2.05) is 11.9 Å². The quantitative estimate of drug-likeness (QED) is 0.701. The van der Waals surface area contributed by atoms with Crippen molar-refractivity contribution in [1.82, 2.24) is 14.7 Å². The Labute approximate surface area is 175 Å². The van der Waals surface area contributed by atoms with Gasteiger partial charge in [-0.1, -0.05) is 12.1 Å². The van der Waals surface area contributed by atoms with Crippen LogP contribution in [0, 0.1) is 0 Å². The second kappa shape index (κ2) is 9.24. The number of carbonyl (C=O) groups excluding carboxylic acids is 1. The molecule has 1 aliphatic heterocycles. The minimum Gasteiger partial charge on any atom is -0.406 e. The van der Waals surface area contributed by atoms with Gasteiger partial charge < -0.3 is 19.4 Å². The van der Waals surface area contributed by atoms with Crippen molar-refractivity contribution in [2.75, 3.05) is 27.7 Å². The fourth-order valence-corrected chi connectivity index (χ4v) is 4.21. The zero-order valence-electron chi connectivity index (χ0n) is 17.6. The van der Waals surface area contributed by atoms with Crippen LogP contribution in [0.15, 0.2) is 29.3 Å². The molecule has 1 heterocycles. The Bertz CT molecular complexity index is 761. The molecule has 30 heavy (non-hydrogen) atoms. The molecule has 1 aliphatic carbocycles. The fraction of sp³-hybridized carbons (Fsp3) is 0.619. The highest BCUT2D eigenvalue weighted by molar-refractivity contribution is 5.85. The lowest BCUT2D eigenvalue weighted by Crippen LogP contribution is -2.48. The predicted molar refractivity (Wildman–Crippen MR) is 108 cm³/mol. The second-order valence-electron chi connectivity index (χ2n) is 8.31. The van der Waals surface area contributed by atoms with E-state index in [2.05, 4.69) is 28.7 Å². The molecular formula is C21H29F3N4O2. The molecule has 1 aromatic carbocycles. The molecule has 6 nitrogen and oxygen atoms in total. The number of hydrogen-bond acceptors (Lipinski definition) is 5. The molecule has 1 saturated carbocycles. The van der Waals surface area contributed by atoms with Crippen molar-refractivity contribution in [3.8, 4) is 5.75 Å². The van der Waals surface area contributed by atoms with Crippen molar-refractivity contribution in [3.63, 3.8) is 0 Å². The summed E-state index contributed by atoms with van der Waals surface area (Å²) in [4.78, 5) is 23.5. The minimum absolute atomic E-state index is 0.0435. The number of halogens is 3. The molecular weight excluding hydrogens is 397 g/mol.